The van der Waals surface area contributed by atoms with E-state index in [9.17, 15) is 4.79 Å². The molecule has 2 bridgehead atoms. The van der Waals surface area contributed by atoms with Gasteiger partial charge in [-0.2, -0.15) is 0 Å². The minimum absolute atomic E-state index is 0.0376. The van der Waals surface area contributed by atoms with Crippen molar-refractivity contribution >= 4 is 5.78 Å². The Hall–Kier alpha value is -1.51. The molecule has 1 aromatic rings. The molecule has 3 unspecified atom stereocenters. The number of hydrogen-bond donors (Lipinski definition) is 0. The zero-order valence-corrected chi connectivity index (χ0v) is 12.2. The first kappa shape index (κ1) is 13.5. The van der Waals surface area contributed by atoms with Crippen molar-refractivity contribution in [1.82, 2.24) is 0 Å². The fourth-order valence-electron chi connectivity index (χ4n) is 3.82. The van der Waals surface area contributed by atoms with E-state index < -0.39 is 0 Å². The average Bonchev–Trinajstić information content (AvgIpc) is 3.07. The zero-order chi connectivity index (χ0) is 14.1. The number of Topliss-reactive ketones (excluding diaryl/α,β-unsaturated/α-hetero) is 1. The number of ketones is 1. The maximum atomic E-state index is 11.7. The maximum Gasteiger partial charge on any atom is 0.163 e. The van der Waals surface area contributed by atoms with Gasteiger partial charge in [-0.25, -0.2) is 0 Å². The second-order valence-electron chi connectivity index (χ2n) is 6.16. The quantitative estimate of drug-likeness (QED) is 0.768. The van der Waals surface area contributed by atoms with Gasteiger partial charge in [0, 0.05) is 6.07 Å². The van der Waals surface area contributed by atoms with Gasteiger partial charge in [0.15, 0.2) is 5.78 Å². The molecule has 3 rings (SSSR count). The number of fused-ring (bicyclic) bond motifs is 2. The minimum Gasteiger partial charge on any atom is -0.497 e. The van der Waals surface area contributed by atoms with Gasteiger partial charge in [0.1, 0.15) is 11.5 Å². The molecule has 2 saturated carbocycles. The lowest BCUT2D eigenvalue weighted by molar-refractivity contribution is 0.101. The van der Waals surface area contributed by atoms with Crippen molar-refractivity contribution in [2.75, 3.05) is 13.7 Å². The summed E-state index contributed by atoms with van der Waals surface area (Å²) in [4.78, 5) is 11.7. The molecular formula is C17H22O3. The maximum absolute atomic E-state index is 11.7. The molecule has 2 aliphatic carbocycles. The van der Waals surface area contributed by atoms with E-state index in [1.165, 1.54) is 25.7 Å². The SMILES string of the molecule is COc1ccc(C(C)=O)c(OCC2CC3CCC2C3)c1. The summed E-state index contributed by atoms with van der Waals surface area (Å²) in [6.45, 7) is 2.31. The lowest BCUT2D eigenvalue weighted by Crippen LogP contribution is -2.19. The molecule has 0 aromatic heterocycles. The lowest BCUT2D eigenvalue weighted by Gasteiger charge is -2.22. The van der Waals surface area contributed by atoms with Crippen molar-refractivity contribution < 1.29 is 14.3 Å². The van der Waals surface area contributed by atoms with Crippen molar-refractivity contribution in [3.8, 4) is 11.5 Å². The Morgan fingerprint density at radius 1 is 1.30 bits per heavy atom. The number of rotatable bonds is 5. The minimum atomic E-state index is 0.0376. The van der Waals surface area contributed by atoms with Crippen LogP contribution < -0.4 is 9.47 Å². The van der Waals surface area contributed by atoms with E-state index in [4.69, 9.17) is 9.47 Å². The van der Waals surface area contributed by atoms with Crippen molar-refractivity contribution in [3.05, 3.63) is 23.8 Å². The summed E-state index contributed by atoms with van der Waals surface area (Å²) in [5, 5.41) is 0. The summed E-state index contributed by atoms with van der Waals surface area (Å²) < 4.78 is 11.2. The van der Waals surface area contributed by atoms with E-state index in [0.717, 1.165) is 24.2 Å². The molecule has 0 aliphatic heterocycles. The first-order valence-electron chi connectivity index (χ1n) is 7.49. The number of hydrogen-bond acceptors (Lipinski definition) is 3. The fourth-order valence-corrected chi connectivity index (χ4v) is 3.82. The van der Waals surface area contributed by atoms with Crippen LogP contribution in [0.5, 0.6) is 11.5 Å². The number of carbonyl (C=O) groups excluding carboxylic acids is 1. The third kappa shape index (κ3) is 2.54. The third-order valence-electron chi connectivity index (χ3n) is 4.91. The van der Waals surface area contributed by atoms with Gasteiger partial charge in [0.05, 0.1) is 19.3 Å². The van der Waals surface area contributed by atoms with Gasteiger partial charge in [-0.15, -0.1) is 0 Å². The Balaban J connectivity index is 1.71. The first-order valence-corrected chi connectivity index (χ1v) is 7.49. The molecule has 20 heavy (non-hydrogen) atoms. The summed E-state index contributed by atoms with van der Waals surface area (Å²) in [6, 6.07) is 5.42. The second kappa shape index (κ2) is 5.47. The van der Waals surface area contributed by atoms with Crippen molar-refractivity contribution in [2.45, 2.75) is 32.6 Å². The highest BCUT2D eigenvalue weighted by atomic mass is 16.5. The van der Waals surface area contributed by atoms with Crippen LogP contribution in [0.25, 0.3) is 0 Å². The number of ether oxygens (including phenoxy) is 2. The second-order valence-corrected chi connectivity index (χ2v) is 6.16. The van der Waals surface area contributed by atoms with Crippen LogP contribution in [0.1, 0.15) is 43.0 Å². The lowest BCUT2D eigenvalue weighted by atomic mass is 9.89. The molecule has 0 N–H and O–H groups in total. The van der Waals surface area contributed by atoms with Crippen LogP contribution in [-0.2, 0) is 0 Å². The summed E-state index contributed by atoms with van der Waals surface area (Å²) in [7, 11) is 1.63. The Morgan fingerprint density at radius 2 is 2.15 bits per heavy atom. The van der Waals surface area contributed by atoms with Crippen LogP contribution in [0.15, 0.2) is 18.2 Å². The summed E-state index contributed by atoms with van der Waals surface area (Å²) in [5.74, 6) is 3.87. The molecule has 0 amide bonds. The van der Waals surface area contributed by atoms with Gasteiger partial charge in [-0.05, 0) is 56.1 Å². The number of methoxy groups -OCH3 is 1. The molecule has 0 radical (unpaired) electrons. The first-order chi connectivity index (χ1) is 9.67. The van der Waals surface area contributed by atoms with Crippen molar-refractivity contribution in [1.29, 1.82) is 0 Å². The predicted octanol–water partition coefficient (Wildman–Crippen LogP) is 3.71. The van der Waals surface area contributed by atoms with Crippen LogP contribution in [0.2, 0.25) is 0 Å². The molecule has 1 aromatic carbocycles. The Labute approximate surface area is 120 Å². The van der Waals surface area contributed by atoms with E-state index in [-0.39, 0.29) is 5.78 Å². The van der Waals surface area contributed by atoms with Crippen molar-refractivity contribution in [3.63, 3.8) is 0 Å². The van der Waals surface area contributed by atoms with Crippen LogP contribution in [0, 0.1) is 17.8 Å². The standard InChI is InChI=1S/C17H22O3/c1-11(18)16-6-5-15(19-2)9-17(16)20-10-14-8-12-3-4-13(14)7-12/h5-6,9,12-14H,3-4,7-8,10H2,1-2H3. The van der Waals surface area contributed by atoms with E-state index in [2.05, 4.69) is 0 Å². The normalized spacial score (nSPS) is 27.6. The van der Waals surface area contributed by atoms with Crippen LogP contribution in [-0.4, -0.2) is 19.5 Å². The predicted molar refractivity (Wildman–Crippen MR) is 77.4 cm³/mol. The van der Waals surface area contributed by atoms with Gasteiger partial charge in [-0.3, -0.25) is 4.79 Å². The van der Waals surface area contributed by atoms with Gasteiger partial charge < -0.3 is 9.47 Å². The molecule has 0 spiro atoms. The molecule has 2 fully saturated rings. The average molecular weight is 274 g/mol. The summed E-state index contributed by atoms with van der Waals surface area (Å²) in [5.41, 5.74) is 0.647. The van der Waals surface area contributed by atoms with Gasteiger partial charge >= 0.3 is 0 Å². The highest BCUT2D eigenvalue weighted by Crippen LogP contribution is 2.48. The molecule has 0 saturated heterocycles. The van der Waals surface area contributed by atoms with Crippen molar-refractivity contribution in [2.24, 2.45) is 17.8 Å². The highest BCUT2D eigenvalue weighted by Gasteiger charge is 2.39. The molecular weight excluding hydrogens is 252 g/mol. The molecule has 108 valence electrons. The van der Waals surface area contributed by atoms with Crippen LogP contribution in [0.3, 0.4) is 0 Å². The Bertz CT molecular complexity index is 509. The molecule has 3 nitrogen and oxygen atoms in total. The van der Waals surface area contributed by atoms with Gasteiger partial charge in [0.2, 0.25) is 0 Å². The van der Waals surface area contributed by atoms with Gasteiger partial charge in [-0.1, -0.05) is 6.42 Å². The monoisotopic (exact) mass is 274 g/mol. The van der Waals surface area contributed by atoms with E-state index in [1.807, 2.05) is 6.07 Å². The largest absolute Gasteiger partial charge is 0.497 e. The molecule has 0 heterocycles. The zero-order valence-electron chi connectivity index (χ0n) is 12.2. The smallest absolute Gasteiger partial charge is 0.163 e. The van der Waals surface area contributed by atoms with Crippen LogP contribution in [0.4, 0.5) is 0 Å². The third-order valence-corrected chi connectivity index (χ3v) is 4.91. The van der Waals surface area contributed by atoms with E-state index in [1.54, 1.807) is 26.2 Å². The fraction of sp³-hybridized carbons (Fsp3) is 0.588. The summed E-state index contributed by atoms with van der Waals surface area (Å²) in [6.07, 6.45) is 5.44. The Kier molecular flexibility index (Phi) is 3.68. The molecule has 3 atom stereocenters. The Morgan fingerprint density at radius 3 is 2.75 bits per heavy atom. The van der Waals surface area contributed by atoms with E-state index >= 15 is 0 Å². The van der Waals surface area contributed by atoms with Gasteiger partial charge in [0.25, 0.3) is 0 Å². The number of benzene rings is 1. The topological polar surface area (TPSA) is 35.5 Å². The van der Waals surface area contributed by atoms with Crippen LogP contribution >= 0.6 is 0 Å². The highest BCUT2D eigenvalue weighted by molar-refractivity contribution is 5.97. The van der Waals surface area contributed by atoms with E-state index in [0.29, 0.717) is 17.2 Å². The number of carbonyl (C=O) groups is 1. The molecule has 2 aliphatic rings. The summed E-state index contributed by atoms with van der Waals surface area (Å²) >= 11 is 0. The molecule has 3 heteroatoms.